The standard InChI is InChI=1S/C11H14ClNO2/c1-13-11(14)10(12)9-6-4-3-5-8(9)7-15-2/h3-6,10H,7H2,1-2H3,(H,13,14). The zero-order valence-corrected chi connectivity index (χ0v) is 9.54. The van der Waals surface area contributed by atoms with Gasteiger partial charge >= 0.3 is 0 Å². The number of likely N-dealkylation sites (N-methyl/N-ethyl adjacent to an activating group) is 1. The molecule has 1 amide bonds. The first-order valence-electron chi connectivity index (χ1n) is 4.63. The van der Waals surface area contributed by atoms with E-state index in [1.165, 1.54) is 0 Å². The van der Waals surface area contributed by atoms with E-state index in [4.69, 9.17) is 16.3 Å². The molecule has 0 aromatic heterocycles. The fourth-order valence-electron chi connectivity index (χ4n) is 1.34. The van der Waals surface area contributed by atoms with Crippen LogP contribution < -0.4 is 5.32 Å². The SMILES string of the molecule is CNC(=O)C(Cl)c1ccccc1COC. The Kier molecular flexibility index (Phi) is 4.59. The van der Waals surface area contributed by atoms with Crippen molar-refractivity contribution in [2.24, 2.45) is 0 Å². The molecule has 0 spiro atoms. The van der Waals surface area contributed by atoms with Crippen LogP contribution in [-0.2, 0) is 16.1 Å². The van der Waals surface area contributed by atoms with E-state index in [-0.39, 0.29) is 5.91 Å². The quantitative estimate of drug-likeness (QED) is 0.798. The first-order chi connectivity index (χ1) is 7.20. The first kappa shape index (κ1) is 12.0. The Morgan fingerprint density at radius 2 is 2.20 bits per heavy atom. The Balaban J connectivity index is 2.96. The highest BCUT2D eigenvalue weighted by Crippen LogP contribution is 2.24. The zero-order valence-electron chi connectivity index (χ0n) is 8.79. The highest BCUT2D eigenvalue weighted by Gasteiger charge is 2.18. The lowest BCUT2D eigenvalue weighted by molar-refractivity contribution is -0.120. The van der Waals surface area contributed by atoms with Gasteiger partial charge in [0.25, 0.3) is 0 Å². The smallest absolute Gasteiger partial charge is 0.242 e. The molecule has 1 aromatic carbocycles. The predicted molar refractivity (Wildman–Crippen MR) is 59.8 cm³/mol. The molecule has 0 aliphatic carbocycles. The summed E-state index contributed by atoms with van der Waals surface area (Å²) in [6.45, 7) is 0.455. The summed E-state index contributed by atoms with van der Waals surface area (Å²) in [6.07, 6.45) is 0. The van der Waals surface area contributed by atoms with Crippen molar-refractivity contribution in [1.29, 1.82) is 0 Å². The maximum Gasteiger partial charge on any atom is 0.242 e. The largest absolute Gasteiger partial charge is 0.380 e. The Hall–Kier alpha value is -1.06. The normalized spacial score (nSPS) is 12.2. The fourth-order valence-corrected chi connectivity index (χ4v) is 1.66. The Morgan fingerprint density at radius 3 is 2.80 bits per heavy atom. The number of methoxy groups -OCH3 is 1. The Labute approximate surface area is 94.4 Å². The van der Waals surface area contributed by atoms with E-state index in [1.807, 2.05) is 24.3 Å². The summed E-state index contributed by atoms with van der Waals surface area (Å²) in [5.74, 6) is -0.208. The van der Waals surface area contributed by atoms with Crippen molar-refractivity contribution in [3.05, 3.63) is 35.4 Å². The monoisotopic (exact) mass is 227 g/mol. The van der Waals surface area contributed by atoms with Gasteiger partial charge in [-0.25, -0.2) is 0 Å². The summed E-state index contributed by atoms with van der Waals surface area (Å²) < 4.78 is 5.04. The van der Waals surface area contributed by atoms with Gasteiger partial charge in [-0.15, -0.1) is 11.6 Å². The Bertz CT molecular complexity index is 341. The van der Waals surface area contributed by atoms with Crippen molar-refractivity contribution in [3.63, 3.8) is 0 Å². The Morgan fingerprint density at radius 1 is 1.53 bits per heavy atom. The summed E-state index contributed by atoms with van der Waals surface area (Å²) in [7, 11) is 3.18. The number of nitrogens with one attached hydrogen (secondary N) is 1. The molecule has 1 rings (SSSR count). The van der Waals surface area contributed by atoms with Gasteiger partial charge in [-0.1, -0.05) is 24.3 Å². The first-order valence-corrected chi connectivity index (χ1v) is 5.06. The molecule has 0 saturated heterocycles. The number of amides is 1. The molecule has 0 heterocycles. The van der Waals surface area contributed by atoms with Crippen LogP contribution in [0.25, 0.3) is 0 Å². The van der Waals surface area contributed by atoms with E-state index in [1.54, 1.807) is 14.2 Å². The number of alkyl halides is 1. The number of hydrogen-bond acceptors (Lipinski definition) is 2. The molecular weight excluding hydrogens is 214 g/mol. The van der Waals surface area contributed by atoms with Crippen LogP contribution >= 0.6 is 11.6 Å². The van der Waals surface area contributed by atoms with Crippen molar-refractivity contribution in [2.45, 2.75) is 12.0 Å². The van der Waals surface area contributed by atoms with Gasteiger partial charge in [0.1, 0.15) is 5.38 Å². The maximum atomic E-state index is 11.4. The lowest BCUT2D eigenvalue weighted by atomic mass is 10.0. The molecular formula is C11H14ClNO2. The van der Waals surface area contributed by atoms with Crippen LogP contribution in [0.15, 0.2) is 24.3 Å². The number of rotatable bonds is 4. The van der Waals surface area contributed by atoms with E-state index >= 15 is 0 Å². The predicted octanol–water partition coefficient (Wildman–Crippen LogP) is 1.86. The summed E-state index contributed by atoms with van der Waals surface area (Å²) in [4.78, 5) is 11.4. The summed E-state index contributed by atoms with van der Waals surface area (Å²) in [6, 6.07) is 7.48. The topological polar surface area (TPSA) is 38.3 Å². The van der Waals surface area contributed by atoms with Gasteiger partial charge in [-0.05, 0) is 11.1 Å². The van der Waals surface area contributed by atoms with Crippen molar-refractivity contribution in [3.8, 4) is 0 Å². The molecule has 0 fully saturated rings. The molecule has 0 radical (unpaired) electrons. The van der Waals surface area contributed by atoms with Gasteiger partial charge in [0.15, 0.2) is 0 Å². The van der Waals surface area contributed by atoms with Crippen molar-refractivity contribution < 1.29 is 9.53 Å². The minimum atomic E-state index is -0.665. The van der Waals surface area contributed by atoms with E-state index in [9.17, 15) is 4.79 Å². The van der Waals surface area contributed by atoms with E-state index in [0.717, 1.165) is 11.1 Å². The average Bonchev–Trinajstić information content (AvgIpc) is 2.28. The van der Waals surface area contributed by atoms with Gasteiger partial charge in [0, 0.05) is 14.2 Å². The van der Waals surface area contributed by atoms with Crippen LogP contribution in [0.3, 0.4) is 0 Å². The number of benzene rings is 1. The molecule has 1 unspecified atom stereocenters. The number of halogens is 1. The maximum absolute atomic E-state index is 11.4. The number of carbonyl (C=O) groups excluding carboxylic acids is 1. The third-order valence-corrected chi connectivity index (χ3v) is 2.54. The highest BCUT2D eigenvalue weighted by atomic mass is 35.5. The molecule has 3 nitrogen and oxygen atoms in total. The third kappa shape index (κ3) is 2.94. The molecule has 0 saturated carbocycles. The van der Waals surface area contributed by atoms with Crippen molar-refractivity contribution in [2.75, 3.05) is 14.2 Å². The molecule has 1 atom stereocenters. The fraction of sp³-hybridized carbons (Fsp3) is 0.364. The van der Waals surface area contributed by atoms with Crippen LogP contribution in [-0.4, -0.2) is 20.1 Å². The summed E-state index contributed by atoms with van der Waals surface area (Å²) in [5.41, 5.74) is 1.73. The second-order valence-electron chi connectivity index (χ2n) is 3.11. The van der Waals surface area contributed by atoms with Crippen LogP contribution in [0.4, 0.5) is 0 Å². The molecule has 0 bridgehead atoms. The minimum absolute atomic E-state index is 0.208. The van der Waals surface area contributed by atoms with E-state index in [2.05, 4.69) is 5.32 Å². The van der Waals surface area contributed by atoms with Gasteiger partial charge in [0.2, 0.25) is 5.91 Å². The van der Waals surface area contributed by atoms with Crippen LogP contribution in [0.1, 0.15) is 16.5 Å². The summed E-state index contributed by atoms with van der Waals surface area (Å²) in [5, 5.41) is 1.86. The van der Waals surface area contributed by atoms with Gasteiger partial charge in [-0.2, -0.15) is 0 Å². The van der Waals surface area contributed by atoms with E-state index in [0.29, 0.717) is 6.61 Å². The molecule has 4 heteroatoms. The molecule has 0 aliphatic heterocycles. The second kappa shape index (κ2) is 5.73. The summed E-state index contributed by atoms with van der Waals surface area (Å²) >= 11 is 6.03. The lowest BCUT2D eigenvalue weighted by Crippen LogP contribution is -2.23. The van der Waals surface area contributed by atoms with E-state index < -0.39 is 5.38 Å². The lowest BCUT2D eigenvalue weighted by Gasteiger charge is -2.12. The third-order valence-electron chi connectivity index (χ3n) is 2.10. The molecule has 82 valence electrons. The van der Waals surface area contributed by atoms with Gasteiger partial charge in [0.05, 0.1) is 6.61 Å². The second-order valence-corrected chi connectivity index (χ2v) is 3.55. The number of hydrogen-bond donors (Lipinski definition) is 1. The van der Waals surface area contributed by atoms with Crippen LogP contribution in [0.2, 0.25) is 0 Å². The van der Waals surface area contributed by atoms with Crippen LogP contribution in [0.5, 0.6) is 0 Å². The molecule has 15 heavy (non-hydrogen) atoms. The minimum Gasteiger partial charge on any atom is -0.380 e. The average molecular weight is 228 g/mol. The number of ether oxygens (including phenoxy) is 1. The van der Waals surface area contributed by atoms with Crippen LogP contribution in [0, 0.1) is 0 Å². The van der Waals surface area contributed by atoms with Crippen molar-refractivity contribution in [1.82, 2.24) is 5.32 Å². The molecule has 1 N–H and O–H groups in total. The highest BCUT2D eigenvalue weighted by molar-refractivity contribution is 6.30. The van der Waals surface area contributed by atoms with Gasteiger partial charge in [-0.3, -0.25) is 4.79 Å². The number of carbonyl (C=O) groups is 1. The van der Waals surface area contributed by atoms with Crippen molar-refractivity contribution >= 4 is 17.5 Å². The molecule has 1 aromatic rings. The van der Waals surface area contributed by atoms with Gasteiger partial charge < -0.3 is 10.1 Å². The molecule has 0 aliphatic rings. The zero-order chi connectivity index (χ0) is 11.3.